The second-order valence-corrected chi connectivity index (χ2v) is 9.44. The molecular formula is C22H25N3O4S. The Morgan fingerprint density at radius 3 is 2.53 bits per heavy atom. The average Bonchev–Trinajstić information content (AvgIpc) is 3.22. The second-order valence-electron chi connectivity index (χ2n) is 7.50. The van der Waals surface area contributed by atoms with Crippen LogP contribution in [0.2, 0.25) is 0 Å². The number of para-hydroxylation sites is 1. The Morgan fingerprint density at radius 2 is 1.83 bits per heavy atom. The highest BCUT2D eigenvalue weighted by Crippen LogP contribution is 2.30. The van der Waals surface area contributed by atoms with Gasteiger partial charge in [0.15, 0.2) is 0 Å². The van der Waals surface area contributed by atoms with Crippen molar-refractivity contribution in [1.29, 1.82) is 0 Å². The molecule has 2 aromatic carbocycles. The number of aromatic amines is 1. The van der Waals surface area contributed by atoms with Gasteiger partial charge in [-0.2, -0.15) is 0 Å². The highest BCUT2D eigenvalue weighted by Gasteiger charge is 2.27. The van der Waals surface area contributed by atoms with E-state index < -0.39 is 10.0 Å². The van der Waals surface area contributed by atoms with Gasteiger partial charge in [0.05, 0.1) is 12.0 Å². The monoisotopic (exact) mass is 427 g/mol. The summed E-state index contributed by atoms with van der Waals surface area (Å²) in [5, 5.41) is 1.20. The number of fused-ring (bicyclic) bond motifs is 1. The first-order valence-electron chi connectivity index (χ1n) is 9.90. The lowest BCUT2D eigenvalue weighted by molar-refractivity contribution is -0.0258. The Labute approximate surface area is 176 Å². The quantitative estimate of drug-likeness (QED) is 0.633. The third kappa shape index (κ3) is 3.86. The maximum Gasteiger partial charge on any atom is 0.264 e. The fourth-order valence-corrected chi connectivity index (χ4v) is 4.95. The van der Waals surface area contributed by atoms with Crippen LogP contribution in [-0.4, -0.2) is 55.9 Å². The SMILES string of the molecule is CON(C)S(=O)(=O)c1cccc(C(=O)N2CCC(c3cc4ccccc4[nH]3)CC2)c1. The molecule has 7 nitrogen and oxygen atoms in total. The molecule has 30 heavy (non-hydrogen) atoms. The topological polar surface area (TPSA) is 82.7 Å². The van der Waals surface area contributed by atoms with Crippen molar-refractivity contribution in [2.75, 3.05) is 27.2 Å². The van der Waals surface area contributed by atoms with Gasteiger partial charge in [0.25, 0.3) is 15.9 Å². The van der Waals surface area contributed by atoms with E-state index in [0.29, 0.717) is 24.6 Å². The first kappa shape index (κ1) is 20.6. The summed E-state index contributed by atoms with van der Waals surface area (Å²) in [6, 6.07) is 16.5. The zero-order valence-electron chi connectivity index (χ0n) is 17.0. The normalized spacial score (nSPS) is 15.8. The number of piperidine rings is 1. The standard InChI is InChI=1S/C22H25N3O4S/c1-24(29-2)30(27,28)19-8-5-7-18(14-19)22(26)25-12-10-16(11-13-25)21-15-17-6-3-4-9-20(17)23-21/h3-9,14-16,23H,10-13H2,1-2H3. The van der Waals surface area contributed by atoms with Gasteiger partial charge in [-0.15, -0.1) is 0 Å². The van der Waals surface area contributed by atoms with Gasteiger partial charge in [-0.1, -0.05) is 28.7 Å². The summed E-state index contributed by atoms with van der Waals surface area (Å²) in [6.45, 7) is 1.27. The molecular weight excluding hydrogens is 402 g/mol. The maximum absolute atomic E-state index is 13.0. The van der Waals surface area contributed by atoms with Crippen LogP contribution >= 0.6 is 0 Å². The number of hydrogen-bond donors (Lipinski definition) is 1. The van der Waals surface area contributed by atoms with Crippen molar-refractivity contribution in [3.8, 4) is 0 Å². The van der Waals surface area contributed by atoms with E-state index in [1.54, 1.807) is 17.0 Å². The first-order valence-corrected chi connectivity index (χ1v) is 11.3. The van der Waals surface area contributed by atoms with Gasteiger partial charge in [-0.25, -0.2) is 8.42 Å². The Morgan fingerprint density at radius 1 is 1.10 bits per heavy atom. The summed E-state index contributed by atoms with van der Waals surface area (Å²) in [4.78, 5) is 23.1. The van der Waals surface area contributed by atoms with Crippen molar-refractivity contribution < 1.29 is 18.0 Å². The molecule has 158 valence electrons. The van der Waals surface area contributed by atoms with E-state index in [2.05, 4.69) is 23.2 Å². The molecule has 4 rings (SSSR count). The van der Waals surface area contributed by atoms with Gasteiger partial charge in [0.2, 0.25) is 0 Å². The molecule has 8 heteroatoms. The van der Waals surface area contributed by atoms with E-state index in [4.69, 9.17) is 4.84 Å². The number of nitrogens with zero attached hydrogens (tertiary/aromatic N) is 2. The molecule has 0 radical (unpaired) electrons. The molecule has 2 heterocycles. The minimum Gasteiger partial charge on any atom is -0.358 e. The molecule has 1 aromatic heterocycles. The number of aromatic nitrogens is 1. The number of carbonyl (C=O) groups is 1. The highest BCUT2D eigenvalue weighted by molar-refractivity contribution is 7.89. The van der Waals surface area contributed by atoms with Crippen LogP contribution in [-0.2, 0) is 14.9 Å². The fraction of sp³-hybridized carbons (Fsp3) is 0.318. The van der Waals surface area contributed by atoms with Gasteiger partial charge < -0.3 is 9.88 Å². The van der Waals surface area contributed by atoms with Crippen molar-refractivity contribution in [2.45, 2.75) is 23.7 Å². The Bertz CT molecular complexity index is 1130. The summed E-state index contributed by atoms with van der Waals surface area (Å²) >= 11 is 0. The minimum absolute atomic E-state index is 0.0330. The van der Waals surface area contributed by atoms with Crippen LogP contribution < -0.4 is 0 Å². The summed E-state index contributed by atoms with van der Waals surface area (Å²) < 4.78 is 25.7. The van der Waals surface area contributed by atoms with E-state index in [9.17, 15) is 13.2 Å². The number of carbonyl (C=O) groups excluding carboxylic acids is 1. The number of H-pyrrole nitrogens is 1. The minimum atomic E-state index is -3.80. The molecule has 0 atom stereocenters. The van der Waals surface area contributed by atoms with Gasteiger partial charge in [0.1, 0.15) is 0 Å². The van der Waals surface area contributed by atoms with Crippen LogP contribution in [0.4, 0.5) is 0 Å². The molecule has 1 fully saturated rings. The molecule has 0 saturated carbocycles. The first-order chi connectivity index (χ1) is 14.4. The average molecular weight is 428 g/mol. The van der Waals surface area contributed by atoms with Crippen LogP contribution in [0.3, 0.4) is 0 Å². The van der Waals surface area contributed by atoms with Gasteiger partial charge in [-0.05, 0) is 48.6 Å². The molecule has 0 spiro atoms. The third-order valence-corrected chi connectivity index (χ3v) is 7.42. The van der Waals surface area contributed by atoms with Crippen molar-refractivity contribution in [3.05, 3.63) is 65.9 Å². The largest absolute Gasteiger partial charge is 0.358 e. The van der Waals surface area contributed by atoms with Crippen LogP contribution in [0.15, 0.2) is 59.5 Å². The smallest absolute Gasteiger partial charge is 0.264 e. The molecule has 1 saturated heterocycles. The Kier molecular flexibility index (Phi) is 5.64. The van der Waals surface area contributed by atoms with Crippen LogP contribution in [0.25, 0.3) is 10.9 Å². The lowest BCUT2D eigenvalue weighted by atomic mass is 9.93. The van der Waals surface area contributed by atoms with Crippen LogP contribution in [0.1, 0.15) is 34.8 Å². The van der Waals surface area contributed by atoms with Gasteiger partial charge in [0, 0.05) is 42.8 Å². The predicted octanol–water partition coefficient (Wildman–Crippen LogP) is 3.37. The zero-order valence-corrected chi connectivity index (χ0v) is 17.9. The number of likely N-dealkylation sites (tertiary alicyclic amines) is 1. The molecule has 0 bridgehead atoms. The number of nitrogens with one attached hydrogen (secondary N) is 1. The van der Waals surface area contributed by atoms with E-state index in [1.165, 1.54) is 37.4 Å². The molecule has 1 aliphatic rings. The number of hydroxylamine groups is 1. The maximum atomic E-state index is 13.0. The number of amides is 1. The van der Waals surface area contributed by atoms with Crippen LogP contribution in [0, 0.1) is 0 Å². The zero-order chi connectivity index (χ0) is 21.3. The van der Waals surface area contributed by atoms with Gasteiger partial charge >= 0.3 is 0 Å². The van der Waals surface area contributed by atoms with Crippen molar-refractivity contribution in [2.24, 2.45) is 0 Å². The Balaban J connectivity index is 1.46. The number of hydrogen-bond acceptors (Lipinski definition) is 4. The van der Waals surface area contributed by atoms with E-state index in [1.807, 2.05) is 12.1 Å². The van der Waals surface area contributed by atoms with Crippen molar-refractivity contribution in [1.82, 2.24) is 14.4 Å². The van der Waals surface area contributed by atoms with E-state index in [-0.39, 0.29) is 10.8 Å². The number of sulfonamides is 1. The fourth-order valence-electron chi connectivity index (χ4n) is 3.93. The van der Waals surface area contributed by atoms with Crippen molar-refractivity contribution in [3.63, 3.8) is 0 Å². The Hall–Kier alpha value is -2.68. The molecule has 0 aliphatic carbocycles. The molecule has 1 N–H and O–H groups in total. The summed E-state index contributed by atoms with van der Waals surface area (Å²) in [6.07, 6.45) is 1.73. The molecule has 3 aromatic rings. The van der Waals surface area contributed by atoms with E-state index >= 15 is 0 Å². The number of rotatable bonds is 5. The lowest BCUT2D eigenvalue weighted by Gasteiger charge is -2.31. The lowest BCUT2D eigenvalue weighted by Crippen LogP contribution is -2.38. The summed E-state index contributed by atoms with van der Waals surface area (Å²) in [5.41, 5.74) is 2.70. The second kappa shape index (κ2) is 8.22. The van der Waals surface area contributed by atoms with E-state index in [0.717, 1.165) is 22.8 Å². The highest BCUT2D eigenvalue weighted by atomic mass is 32.2. The predicted molar refractivity (Wildman–Crippen MR) is 115 cm³/mol. The molecule has 0 unspecified atom stereocenters. The van der Waals surface area contributed by atoms with Gasteiger partial charge in [-0.3, -0.25) is 9.63 Å². The summed E-state index contributed by atoms with van der Waals surface area (Å²) in [7, 11) is -1.20. The third-order valence-electron chi connectivity index (χ3n) is 5.75. The van der Waals surface area contributed by atoms with Crippen LogP contribution in [0.5, 0.6) is 0 Å². The number of benzene rings is 2. The molecule has 1 amide bonds. The van der Waals surface area contributed by atoms with Crippen molar-refractivity contribution >= 4 is 26.8 Å². The molecule has 1 aliphatic heterocycles. The summed E-state index contributed by atoms with van der Waals surface area (Å²) in [5.74, 6) is 0.228.